The van der Waals surface area contributed by atoms with Crippen molar-refractivity contribution in [3.8, 4) is 11.1 Å². The minimum atomic E-state index is -2.45. The van der Waals surface area contributed by atoms with Crippen molar-refractivity contribution in [1.82, 2.24) is 0 Å². The Hall–Kier alpha value is -7.80. The molecule has 6 heteroatoms. The maximum absolute atomic E-state index is 9.46. The second kappa shape index (κ2) is 17.4. The van der Waals surface area contributed by atoms with Gasteiger partial charge in [-0.3, -0.25) is 0 Å². The number of fused-ring (bicyclic) bond motifs is 17. The van der Waals surface area contributed by atoms with Gasteiger partial charge in [0.05, 0.1) is 11.4 Å². The lowest BCUT2D eigenvalue weighted by Crippen LogP contribution is -2.60. The Morgan fingerprint density at radius 2 is 1.22 bits per heavy atom. The van der Waals surface area contributed by atoms with Crippen LogP contribution in [-0.4, -0.2) is 6.71 Å². The monoisotopic (exact) mass is 1090 g/mol. The molecule has 0 saturated heterocycles. The summed E-state index contributed by atoms with van der Waals surface area (Å²) in [6, 6.07) is 67.5. The number of hydrogen-bond donors (Lipinski definition) is 0. The second-order valence-corrected chi connectivity index (χ2v) is 28.6. The molecule has 0 amide bonds. The van der Waals surface area contributed by atoms with Crippen molar-refractivity contribution in [2.24, 2.45) is 11.8 Å². The van der Waals surface area contributed by atoms with Crippen LogP contribution in [0.25, 0.3) is 43.2 Å². The molecular weight excluding hydrogens is 1010 g/mol. The highest BCUT2D eigenvalue weighted by Crippen LogP contribution is 2.66. The SMILES string of the molecule is [2H]C([2H])([2H])c1cc2c3c(c1)N(c1cccc4c1oc1ccccc14)c1cc(N(c4ccc(C(C)(C)C)cc4)c4ccc(C(C)(C)C)cc4)ccc1B3c1sc3ccc(C(C)(C)C)cc3c1N2c1ccc2c(c1)C1(CC3CCC1C3)c1ccccc1-2. The maximum Gasteiger partial charge on any atom is 0.264 e. The van der Waals surface area contributed by atoms with E-state index in [9.17, 15) is 4.11 Å². The Morgan fingerprint density at radius 1 is 0.561 bits per heavy atom. The number of aryl methyl sites for hydroxylation is 1. The molecular formula is C76H70BN3OS. The standard InChI is InChI=1S/C76H70BN3OS/c1-45-38-65-69-66(39-45)80(63-20-15-18-58-57-17-12-14-21-67(57)81-71(58)63)64-43-54(78(51-29-24-47(25-30-51)73(2,3)4)52-31-26-48(27-32-52)74(5,6)7)34-36-62(64)77(69)72-70(59-41-49(75(8,9)10)28-37-68(59)82-72)79(65)53-33-35-56-55-16-11-13-19-60(55)76(61(56)42-53)44-46-22-23-50(76)40-46/h11-21,24-39,41-43,46,50H,22-23,40,44H2,1-10H3/i1D3. The molecule has 404 valence electrons. The van der Waals surface area contributed by atoms with E-state index in [1.165, 1.54) is 79.5 Å². The highest BCUT2D eigenvalue weighted by molar-refractivity contribution is 7.33. The van der Waals surface area contributed by atoms with Crippen LogP contribution in [0.3, 0.4) is 0 Å². The van der Waals surface area contributed by atoms with E-state index in [0.717, 1.165) is 84.1 Å². The quantitative estimate of drug-likeness (QED) is 0.160. The van der Waals surface area contributed by atoms with E-state index in [1.807, 2.05) is 35.6 Å². The lowest BCUT2D eigenvalue weighted by Gasteiger charge is -2.44. The Labute approximate surface area is 492 Å². The topological polar surface area (TPSA) is 22.9 Å². The van der Waals surface area contributed by atoms with E-state index in [1.54, 1.807) is 0 Å². The molecule has 0 radical (unpaired) electrons. The van der Waals surface area contributed by atoms with Gasteiger partial charge in [0.2, 0.25) is 0 Å². The van der Waals surface area contributed by atoms with Crippen LogP contribution in [0.5, 0.6) is 0 Å². The van der Waals surface area contributed by atoms with Crippen molar-refractivity contribution < 1.29 is 8.53 Å². The fraction of sp³-hybridized carbons (Fsp3) is 0.263. The van der Waals surface area contributed by atoms with Crippen LogP contribution in [0.2, 0.25) is 0 Å². The summed E-state index contributed by atoms with van der Waals surface area (Å²) in [5.74, 6) is 1.30. The molecule has 1 spiro atoms. The lowest BCUT2D eigenvalue weighted by molar-refractivity contribution is 0.327. The van der Waals surface area contributed by atoms with E-state index in [2.05, 4.69) is 235 Å². The van der Waals surface area contributed by atoms with Gasteiger partial charge < -0.3 is 19.1 Å². The molecule has 3 atom stereocenters. The van der Waals surface area contributed by atoms with E-state index < -0.39 is 6.85 Å². The third kappa shape index (κ3) is 7.22. The average molecular weight is 1090 g/mol. The first-order valence-corrected chi connectivity index (χ1v) is 30.6. The fourth-order valence-corrected chi connectivity index (χ4v) is 17.0. The van der Waals surface area contributed by atoms with Gasteiger partial charge in [-0.2, -0.15) is 0 Å². The molecule has 3 unspecified atom stereocenters. The van der Waals surface area contributed by atoms with E-state index in [4.69, 9.17) is 4.42 Å². The van der Waals surface area contributed by atoms with Gasteiger partial charge in [-0.25, -0.2) is 0 Å². The van der Waals surface area contributed by atoms with Gasteiger partial charge in [0.1, 0.15) is 5.58 Å². The van der Waals surface area contributed by atoms with Gasteiger partial charge in [0.15, 0.2) is 5.58 Å². The number of rotatable bonds is 5. The fourth-order valence-electron chi connectivity index (χ4n) is 15.7. The van der Waals surface area contributed by atoms with Crippen LogP contribution in [0.1, 0.15) is 125 Å². The number of para-hydroxylation sites is 2. The zero-order valence-electron chi connectivity index (χ0n) is 51.5. The zero-order chi connectivity index (χ0) is 58.4. The Kier molecular flexibility index (Phi) is 9.91. The van der Waals surface area contributed by atoms with Crippen LogP contribution >= 0.6 is 11.3 Å². The molecule has 2 bridgehead atoms. The number of furan rings is 1. The lowest BCUT2D eigenvalue weighted by atomic mass is 9.36. The highest BCUT2D eigenvalue weighted by atomic mass is 32.1. The normalized spacial score (nSPS) is 19.3. The second-order valence-electron chi connectivity index (χ2n) is 27.6. The Morgan fingerprint density at radius 3 is 1.91 bits per heavy atom. The number of anilines is 9. The summed E-state index contributed by atoms with van der Waals surface area (Å²) in [5, 5.41) is 3.23. The largest absolute Gasteiger partial charge is 0.454 e. The van der Waals surface area contributed by atoms with E-state index in [0.29, 0.717) is 17.4 Å². The molecule has 11 aromatic rings. The first-order chi connectivity index (χ1) is 40.6. The molecule has 4 heterocycles. The van der Waals surface area contributed by atoms with Gasteiger partial charge in [0.25, 0.3) is 6.71 Å². The maximum atomic E-state index is 9.46. The van der Waals surface area contributed by atoms with Crippen molar-refractivity contribution in [3.63, 3.8) is 0 Å². The van der Waals surface area contributed by atoms with Crippen molar-refractivity contribution >= 4 is 117 Å². The summed E-state index contributed by atoms with van der Waals surface area (Å²) in [5.41, 5.74) is 22.1. The summed E-state index contributed by atoms with van der Waals surface area (Å²) in [6.07, 6.45) is 4.99. The molecule has 2 fully saturated rings. The van der Waals surface area contributed by atoms with Gasteiger partial charge in [-0.1, -0.05) is 166 Å². The molecule has 3 aliphatic carbocycles. The van der Waals surface area contributed by atoms with Gasteiger partial charge in [0, 0.05) is 75.0 Å². The Balaban J connectivity index is 0.999. The zero-order valence-corrected chi connectivity index (χ0v) is 49.4. The third-order valence-corrected chi connectivity index (χ3v) is 20.9. The molecule has 2 aliphatic heterocycles. The van der Waals surface area contributed by atoms with Crippen LogP contribution in [0.15, 0.2) is 186 Å². The first-order valence-electron chi connectivity index (χ1n) is 31.3. The van der Waals surface area contributed by atoms with Crippen LogP contribution < -0.4 is 30.4 Å². The number of thiophene rings is 1. The summed E-state index contributed by atoms with van der Waals surface area (Å²) < 4.78 is 37.9. The molecule has 9 aromatic carbocycles. The molecule has 2 aromatic heterocycles. The Bertz CT molecular complexity index is 4530. The summed E-state index contributed by atoms with van der Waals surface area (Å²) in [4.78, 5) is 7.24. The smallest absolute Gasteiger partial charge is 0.264 e. The van der Waals surface area contributed by atoms with Crippen LogP contribution in [0, 0.1) is 18.7 Å². The highest BCUT2D eigenvalue weighted by Gasteiger charge is 2.57. The summed E-state index contributed by atoms with van der Waals surface area (Å²) in [6.45, 7) is 17.8. The number of hydrogen-bond acceptors (Lipinski definition) is 5. The molecule has 0 N–H and O–H groups in total. The summed E-state index contributed by atoms with van der Waals surface area (Å²) >= 11 is 1.89. The molecule has 82 heavy (non-hydrogen) atoms. The van der Waals surface area contributed by atoms with Crippen LogP contribution in [0.4, 0.5) is 51.2 Å². The predicted octanol–water partition coefficient (Wildman–Crippen LogP) is 19.6. The minimum absolute atomic E-state index is 0.0267. The molecule has 2 saturated carbocycles. The average Bonchev–Trinajstić information content (AvgIpc) is 1.68. The van der Waals surface area contributed by atoms with Gasteiger partial charge in [-0.15, -0.1) is 11.3 Å². The first kappa shape index (κ1) is 46.8. The van der Waals surface area contributed by atoms with Crippen molar-refractivity contribution in [3.05, 3.63) is 215 Å². The van der Waals surface area contributed by atoms with Crippen molar-refractivity contribution in [2.75, 3.05) is 14.7 Å². The van der Waals surface area contributed by atoms with Gasteiger partial charge in [-0.05, 0) is 195 Å². The number of nitrogens with zero attached hydrogens (tertiary/aromatic N) is 3. The van der Waals surface area contributed by atoms with E-state index in [-0.39, 0.29) is 28.4 Å². The predicted molar refractivity (Wildman–Crippen MR) is 350 cm³/mol. The minimum Gasteiger partial charge on any atom is -0.454 e. The van der Waals surface area contributed by atoms with Crippen LogP contribution in [-0.2, 0) is 21.7 Å². The van der Waals surface area contributed by atoms with Crippen molar-refractivity contribution in [1.29, 1.82) is 0 Å². The summed E-state index contributed by atoms with van der Waals surface area (Å²) in [7, 11) is 0. The molecule has 5 aliphatic rings. The van der Waals surface area contributed by atoms with E-state index >= 15 is 0 Å². The van der Waals surface area contributed by atoms with Gasteiger partial charge >= 0.3 is 0 Å². The molecule has 4 nitrogen and oxygen atoms in total. The third-order valence-electron chi connectivity index (χ3n) is 19.7. The van der Waals surface area contributed by atoms with Crippen molar-refractivity contribution in [2.45, 2.75) is 117 Å². The molecule has 16 rings (SSSR count). The number of benzene rings is 9.